The van der Waals surface area contributed by atoms with Crippen molar-refractivity contribution in [3.05, 3.63) is 168 Å². The second-order valence-electron chi connectivity index (χ2n) is 25.3. The van der Waals surface area contributed by atoms with E-state index in [4.69, 9.17) is 49.4 Å². The third-order valence-corrected chi connectivity index (χ3v) is 18.8. The molecule has 1 amide bonds. The highest BCUT2D eigenvalue weighted by molar-refractivity contribution is 7.89. The summed E-state index contributed by atoms with van der Waals surface area (Å²) >= 11 is 0. The minimum absolute atomic E-state index is 0.00860. The Bertz CT molecular complexity index is 3610. The van der Waals surface area contributed by atoms with E-state index in [1.54, 1.807) is 32.9 Å². The van der Waals surface area contributed by atoms with E-state index in [2.05, 4.69) is 17.5 Å². The van der Waals surface area contributed by atoms with Gasteiger partial charge in [-0.15, -0.1) is 0 Å². The van der Waals surface area contributed by atoms with Crippen LogP contribution in [0.25, 0.3) is 0 Å². The summed E-state index contributed by atoms with van der Waals surface area (Å²) in [5, 5.41) is 43.7. The van der Waals surface area contributed by atoms with Crippen molar-refractivity contribution in [3.8, 4) is 46.6 Å². The lowest BCUT2D eigenvalue weighted by atomic mass is 9.87. The SMILES string of the molecule is CC(C)(CCCC#N)CN(C[C@@H](O)[C@@H](N)Cc1ccc(OCc2ccccc2)cc1)S(=O)(=O)c1ccc2c(c1)OCO2.CC(C)(CCCC#N)CN(C[C@@H](O)[C@H](Cc1ccc(OCc2ccccc2)cc1)NC(=O)OC(C)(C)C)S(=O)(=O)c1ccc2c(c1)OCO2. The number of nitrogens with zero attached hydrogens (tertiary/aromatic N) is 4. The van der Waals surface area contributed by atoms with Crippen LogP contribution in [0, 0.1) is 33.5 Å². The molecule has 0 aromatic heterocycles. The van der Waals surface area contributed by atoms with Gasteiger partial charge in [-0.05, 0) is 141 Å². The van der Waals surface area contributed by atoms with Crippen LogP contribution in [0.5, 0.6) is 34.5 Å². The first-order chi connectivity index (χ1) is 43.2. The topological polar surface area (TPSA) is 283 Å². The quantitative estimate of drug-likeness (QED) is 0.0294. The van der Waals surface area contributed by atoms with Gasteiger partial charge in [0, 0.05) is 57.2 Å². The summed E-state index contributed by atoms with van der Waals surface area (Å²) < 4.78 is 97.5. The molecule has 0 saturated carbocycles. The van der Waals surface area contributed by atoms with Crippen LogP contribution in [-0.2, 0) is 50.8 Å². The molecular weight excluding hydrogens is 1200 g/mol. The smallest absolute Gasteiger partial charge is 0.407 e. The Morgan fingerprint density at radius 1 is 0.571 bits per heavy atom. The monoisotopic (exact) mass is 1290 g/mol. The number of carbonyl (C=O) groups is 1. The average Bonchev–Trinajstić information content (AvgIpc) is 2.43. The molecule has 0 bridgehead atoms. The van der Waals surface area contributed by atoms with Gasteiger partial charge in [-0.2, -0.15) is 19.1 Å². The molecule has 2 heterocycles. The van der Waals surface area contributed by atoms with E-state index < -0.39 is 66.9 Å². The Morgan fingerprint density at radius 3 is 1.40 bits per heavy atom. The zero-order chi connectivity index (χ0) is 65.8. The van der Waals surface area contributed by atoms with E-state index in [1.165, 1.54) is 32.9 Å². The maximum Gasteiger partial charge on any atom is 0.407 e. The van der Waals surface area contributed by atoms with Crippen LogP contribution in [-0.4, -0.2) is 111 Å². The van der Waals surface area contributed by atoms with Crippen LogP contribution in [0.15, 0.2) is 155 Å². The Labute approximate surface area is 536 Å². The molecule has 22 heteroatoms. The zero-order valence-electron chi connectivity index (χ0n) is 53.0. The number of aliphatic hydroxyl groups is 2. The van der Waals surface area contributed by atoms with Gasteiger partial charge in [0.2, 0.25) is 33.6 Å². The number of hydrogen-bond acceptors (Lipinski definition) is 17. The standard InChI is InChI=1S/C37H47N3O8S.C32H39N3O6S/c1-36(2,3)48-35(42)39-31(21-27-13-15-29(16-14-27)45-24-28-11-7-6-8-12-28)32(41)23-40(25-37(4,5)19-9-10-20-38)49(43,44)30-17-18-33-34(22-30)47-26-46-33;1-32(2,16-6-7-17-33)22-35(42(37,38)27-14-15-30-31(19-27)41-23-40-30)20-29(36)28(34)18-24-10-12-26(13-11-24)39-21-25-8-4-3-5-9-25/h6-8,11-18,22,31-32,41H,9-10,19,21,23-26H2,1-5H3,(H,39,42);3-5,8-15,19,28-29,36H,6-7,16,18,20-23,34H2,1-2H3/t31-,32+;28-,29+/m00/s1. The van der Waals surface area contributed by atoms with Gasteiger partial charge in [0.05, 0.1) is 40.2 Å². The van der Waals surface area contributed by atoms with Gasteiger partial charge in [-0.3, -0.25) is 0 Å². The van der Waals surface area contributed by atoms with Crippen molar-refractivity contribution < 1.29 is 65.0 Å². The summed E-state index contributed by atoms with van der Waals surface area (Å²) in [7, 11) is -8.19. The first-order valence-electron chi connectivity index (χ1n) is 30.4. The first kappa shape index (κ1) is 70.5. The highest BCUT2D eigenvalue weighted by Gasteiger charge is 2.37. The highest BCUT2D eigenvalue weighted by Crippen LogP contribution is 2.38. The molecule has 0 saturated heterocycles. The number of ether oxygens (including phenoxy) is 7. The van der Waals surface area contributed by atoms with E-state index in [-0.39, 0.29) is 56.0 Å². The third kappa shape index (κ3) is 21.9. The molecule has 4 atom stereocenters. The van der Waals surface area contributed by atoms with Crippen molar-refractivity contribution in [1.29, 1.82) is 10.5 Å². The summed E-state index contributed by atoms with van der Waals surface area (Å²) in [4.78, 5) is 13.0. The highest BCUT2D eigenvalue weighted by atomic mass is 32.2. The van der Waals surface area contributed by atoms with E-state index in [0.717, 1.165) is 28.0 Å². The van der Waals surface area contributed by atoms with Gasteiger partial charge in [0.25, 0.3) is 0 Å². The largest absolute Gasteiger partial charge is 0.489 e. The lowest BCUT2D eigenvalue weighted by Gasteiger charge is -2.35. The predicted molar refractivity (Wildman–Crippen MR) is 344 cm³/mol. The molecule has 91 heavy (non-hydrogen) atoms. The lowest BCUT2D eigenvalue weighted by Crippen LogP contribution is -2.52. The van der Waals surface area contributed by atoms with Gasteiger partial charge in [0.15, 0.2) is 23.0 Å². The van der Waals surface area contributed by atoms with Gasteiger partial charge in [0.1, 0.15) is 30.3 Å². The Morgan fingerprint density at radius 2 is 0.978 bits per heavy atom. The van der Waals surface area contributed by atoms with Crippen molar-refractivity contribution >= 4 is 26.1 Å². The molecule has 0 spiro atoms. The van der Waals surface area contributed by atoms with Crippen molar-refractivity contribution in [2.24, 2.45) is 16.6 Å². The Kier molecular flexibility index (Phi) is 25.1. The summed E-state index contributed by atoms with van der Waals surface area (Å²) in [5.41, 5.74) is 8.42. The van der Waals surface area contributed by atoms with E-state index >= 15 is 0 Å². The number of carbonyl (C=O) groups excluding carboxylic acids is 1. The fourth-order valence-electron chi connectivity index (χ4n) is 10.3. The van der Waals surface area contributed by atoms with Crippen molar-refractivity contribution in [3.63, 3.8) is 0 Å². The van der Waals surface area contributed by atoms with Crippen LogP contribution in [0.2, 0.25) is 0 Å². The minimum Gasteiger partial charge on any atom is -0.489 e. The summed E-state index contributed by atoms with van der Waals surface area (Å²) in [6.45, 7) is 13.6. The molecule has 8 rings (SSSR count). The van der Waals surface area contributed by atoms with Crippen LogP contribution >= 0.6 is 0 Å². The maximum absolute atomic E-state index is 14.2. The second kappa shape index (κ2) is 32.4. The normalized spacial score (nSPS) is 14.3. The van der Waals surface area contributed by atoms with Crippen molar-refractivity contribution in [2.75, 3.05) is 39.8 Å². The number of benzene rings is 6. The van der Waals surface area contributed by atoms with Crippen molar-refractivity contribution in [2.45, 2.75) is 153 Å². The molecule has 2 aliphatic rings. The molecule has 2 aliphatic heterocycles. The van der Waals surface area contributed by atoms with Crippen molar-refractivity contribution in [1.82, 2.24) is 13.9 Å². The summed E-state index contributed by atoms with van der Waals surface area (Å²) in [6, 6.07) is 46.1. The molecule has 6 aromatic rings. The molecular formula is C69H86N6O14S2. The number of rotatable bonds is 31. The number of fused-ring (bicyclic) bond motifs is 2. The number of aliphatic hydroxyl groups excluding tert-OH is 2. The van der Waals surface area contributed by atoms with Crippen LogP contribution in [0.4, 0.5) is 4.79 Å². The summed E-state index contributed by atoms with van der Waals surface area (Å²) in [6.07, 6.45) is 0.551. The molecule has 0 radical (unpaired) electrons. The maximum atomic E-state index is 14.2. The van der Waals surface area contributed by atoms with Gasteiger partial charge < -0.3 is 54.4 Å². The van der Waals surface area contributed by atoms with E-state index in [0.29, 0.717) is 86.9 Å². The number of unbranched alkanes of at least 4 members (excludes halogenated alkanes) is 2. The molecule has 20 nitrogen and oxygen atoms in total. The Balaban J connectivity index is 0.000000261. The van der Waals surface area contributed by atoms with Gasteiger partial charge >= 0.3 is 6.09 Å². The number of nitrogens with one attached hydrogen (secondary N) is 1. The molecule has 488 valence electrons. The van der Waals surface area contributed by atoms with E-state index in [9.17, 15) is 31.8 Å². The second-order valence-corrected chi connectivity index (χ2v) is 29.1. The Hall–Kier alpha value is -7.93. The zero-order valence-corrected chi connectivity index (χ0v) is 54.6. The van der Waals surface area contributed by atoms with Gasteiger partial charge in [-0.1, -0.05) is 113 Å². The number of hydrogen-bond donors (Lipinski definition) is 4. The fourth-order valence-corrected chi connectivity index (χ4v) is 13.6. The third-order valence-electron chi connectivity index (χ3n) is 15.2. The first-order valence-corrected chi connectivity index (χ1v) is 33.3. The van der Waals surface area contributed by atoms with Crippen LogP contribution in [0.3, 0.4) is 0 Å². The summed E-state index contributed by atoms with van der Waals surface area (Å²) in [5.74, 6) is 2.98. The molecule has 0 fully saturated rings. The lowest BCUT2D eigenvalue weighted by molar-refractivity contribution is 0.0391. The average molecular weight is 1290 g/mol. The number of nitrogens with two attached hydrogens (primary N) is 1. The molecule has 0 unspecified atom stereocenters. The molecule has 0 aliphatic carbocycles. The predicted octanol–water partition coefficient (Wildman–Crippen LogP) is 10.8. The number of amides is 1. The molecule has 5 N–H and O–H groups in total. The minimum atomic E-state index is -4.17. The van der Waals surface area contributed by atoms with Crippen LogP contribution in [0.1, 0.15) is 109 Å². The fraction of sp³-hybridized carbons (Fsp3) is 0.435. The number of nitriles is 2. The van der Waals surface area contributed by atoms with E-state index in [1.807, 2.05) is 137 Å². The molecule has 6 aromatic carbocycles. The number of alkyl carbamates (subject to hydrolysis) is 1. The number of sulfonamides is 2. The van der Waals surface area contributed by atoms with Crippen LogP contribution < -0.4 is 39.5 Å². The van der Waals surface area contributed by atoms with Gasteiger partial charge in [-0.25, -0.2) is 21.6 Å².